The number of hydrogen-bond acceptors (Lipinski definition) is 3. The average molecular weight is 390 g/mol. The molecule has 2 aromatic rings. The summed E-state index contributed by atoms with van der Waals surface area (Å²) in [4.78, 5) is 12.1. The van der Waals surface area contributed by atoms with Crippen LogP contribution in [0.3, 0.4) is 0 Å². The Morgan fingerprint density at radius 2 is 2.00 bits per heavy atom. The lowest BCUT2D eigenvalue weighted by Gasteiger charge is -2.11. The van der Waals surface area contributed by atoms with Crippen molar-refractivity contribution < 1.29 is 14.3 Å². The van der Waals surface area contributed by atoms with Crippen molar-refractivity contribution in [3.8, 4) is 5.75 Å². The van der Waals surface area contributed by atoms with Crippen molar-refractivity contribution in [2.24, 2.45) is 0 Å². The third kappa shape index (κ3) is 4.58. The fourth-order valence-corrected chi connectivity index (χ4v) is 2.99. The first kappa shape index (κ1) is 17.0. The van der Waals surface area contributed by atoms with Gasteiger partial charge in [0.15, 0.2) is 0 Å². The van der Waals surface area contributed by atoms with E-state index in [-0.39, 0.29) is 12.0 Å². The predicted molar refractivity (Wildman–Crippen MR) is 96.2 cm³/mol. The average Bonchev–Trinajstić information content (AvgIpc) is 3.13. The largest absolute Gasteiger partial charge is 0.488 e. The van der Waals surface area contributed by atoms with E-state index in [9.17, 15) is 4.79 Å². The molecule has 1 saturated heterocycles. The van der Waals surface area contributed by atoms with Crippen molar-refractivity contribution in [1.82, 2.24) is 5.32 Å². The first-order chi connectivity index (χ1) is 11.7. The normalized spacial score (nSPS) is 16.8. The summed E-state index contributed by atoms with van der Waals surface area (Å²) in [5.41, 5.74) is 1.67. The zero-order valence-corrected chi connectivity index (χ0v) is 14.9. The number of halogens is 1. The molecule has 2 aromatic carbocycles. The number of para-hydroxylation sites is 1. The topological polar surface area (TPSA) is 47.6 Å². The van der Waals surface area contributed by atoms with E-state index in [1.165, 1.54) is 0 Å². The highest BCUT2D eigenvalue weighted by Crippen LogP contribution is 2.24. The Morgan fingerprint density at radius 1 is 1.21 bits per heavy atom. The first-order valence-electron chi connectivity index (χ1n) is 8.08. The van der Waals surface area contributed by atoms with Gasteiger partial charge in [-0.1, -0.05) is 24.3 Å². The van der Waals surface area contributed by atoms with E-state index in [1.54, 1.807) is 0 Å². The number of hydrogen-bond donors (Lipinski definition) is 1. The van der Waals surface area contributed by atoms with Crippen LogP contribution >= 0.6 is 15.9 Å². The third-order valence-electron chi connectivity index (χ3n) is 3.96. The van der Waals surface area contributed by atoms with Crippen molar-refractivity contribution in [2.45, 2.75) is 25.6 Å². The van der Waals surface area contributed by atoms with E-state index in [2.05, 4.69) is 21.2 Å². The van der Waals surface area contributed by atoms with E-state index in [0.717, 1.165) is 35.2 Å². The molecule has 1 atom stereocenters. The SMILES string of the molecule is O=C(NC[C@H]1CCCO1)c1ccc(COc2ccccc2Br)cc1. The molecule has 0 aliphatic carbocycles. The molecular weight excluding hydrogens is 370 g/mol. The minimum Gasteiger partial charge on any atom is -0.488 e. The molecule has 3 rings (SSSR count). The van der Waals surface area contributed by atoms with E-state index in [1.807, 2.05) is 48.5 Å². The number of amides is 1. The van der Waals surface area contributed by atoms with E-state index in [0.29, 0.717) is 18.7 Å². The predicted octanol–water partition coefficient (Wildman–Crippen LogP) is 3.94. The molecule has 4 nitrogen and oxygen atoms in total. The lowest BCUT2D eigenvalue weighted by atomic mass is 10.1. The maximum Gasteiger partial charge on any atom is 0.251 e. The van der Waals surface area contributed by atoms with Crippen LogP contribution in [0.1, 0.15) is 28.8 Å². The van der Waals surface area contributed by atoms with Gasteiger partial charge in [-0.25, -0.2) is 0 Å². The first-order valence-corrected chi connectivity index (χ1v) is 8.88. The second kappa shape index (κ2) is 8.31. The van der Waals surface area contributed by atoms with Gasteiger partial charge in [0.25, 0.3) is 5.91 Å². The Morgan fingerprint density at radius 3 is 2.71 bits per heavy atom. The summed E-state index contributed by atoms with van der Waals surface area (Å²) in [5.74, 6) is 0.736. The van der Waals surface area contributed by atoms with Crippen LogP contribution in [-0.2, 0) is 11.3 Å². The van der Waals surface area contributed by atoms with Crippen molar-refractivity contribution in [3.63, 3.8) is 0 Å². The molecule has 0 bridgehead atoms. The Hall–Kier alpha value is -1.85. The number of carbonyl (C=O) groups excluding carboxylic acids is 1. The summed E-state index contributed by atoms with van der Waals surface area (Å²) in [7, 11) is 0. The third-order valence-corrected chi connectivity index (χ3v) is 4.62. The fourth-order valence-electron chi connectivity index (χ4n) is 2.59. The molecule has 5 heteroatoms. The van der Waals surface area contributed by atoms with Gasteiger partial charge in [0, 0.05) is 18.7 Å². The van der Waals surface area contributed by atoms with E-state index in [4.69, 9.17) is 9.47 Å². The molecule has 1 N–H and O–H groups in total. The van der Waals surface area contributed by atoms with E-state index >= 15 is 0 Å². The van der Waals surface area contributed by atoms with Crippen molar-refractivity contribution in [1.29, 1.82) is 0 Å². The van der Waals surface area contributed by atoms with Gasteiger partial charge in [0.1, 0.15) is 12.4 Å². The number of ether oxygens (including phenoxy) is 2. The van der Waals surface area contributed by atoms with E-state index < -0.39 is 0 Å². The summed E-state index contributed by atoms with van der Waals surface area (Å²) in [5, 5.41) is 2.92. The Balaban J connectivity index is 1.51. The molecule has 0 aromatic heterocycles. The smallest absolute Gasteiger partial charge is 0.251 e. The molecule has 0 saturated carbocycles. The fraction of sp³-hybridized carbons (Fsp3) is 0.316. The number of carbonyl (C=O) groups is 1. The van der Waals surface area contributed by atoms with Crippen molar-refractivity contribution in [2.75, 3.05) is 13.2 Å². The van der Waals surface area contributed by atoms with Crippen LogP contribution < -0.4 is 10.1 Å². The minimum absolute atomic E-state index is 0.0660. The van der Waals surface area contributed by atoms with Gasteiger partial charge < -0.3 is 14.8 Å². The van der Waals surface area contributed by atoms with Gasteiger partial charge in [-0.05, 0) is 58.6 Å². The molecule has 126 valence electrons. The molecule has 1 fully saturated rings. The number of nitrogens with one attached hydrogen (secondary N) is 1. The molecule has 1 aliphatic heterocycles. The lowest BCUT2D eigenvalue weighted by Crippen LogP contribution is -2.31. The van der Waals surface area contributed by atoms with Crippen molar-refractivity contribution in [3.05, 3.63) is 64.1 Å². The second-order valence-electron chi connectivity index (χ2n) is 5.76. The molecular formula is C19H20BrNO3. The standard InChI is InChI=1S/C19H20BrNO3/c20-17-5-1-2-6-18(17)24-13-14-7-9-15(10-8-14)19(22)21-12-16-4-3-11-23-16/h1-2,5-10,16H,3-4,11-13H2,(H,21,22)/t16-/m1/s1. The molecule has 24 heavy (non-hydrogen) atoms. The van der Waals surface area contributed by atoms with Crippen LogP contribution in [0, 0.1) is 0 Å². The summed E-state index contributed by atoms with van der Waals surface area (Å²) in [6.45, 7) is 1.83. The summed E-state index contributed by atoms with van der Waals surface area (Å²) in [6.07, 6.45) is 2.25. The number of benzene rings is 2. The number of rotatable bonds is 6. The van der Waals surface area contributed by atoms with Gasteiger partial charge in [-0.3, -0.25) is 4.79 Å². The van der Waals surface area contributed by atoms with Gasteiger partial charge in [0.2, 0.25) is 0 Å². The Bertz CT molecular complexity index is 681. The zero-order chi connectivity index (χ0) is 16.8. The van der Waals surface area contributed by atoms with Crippen LogP contribution in [0.5, 0.6) is 5.75 Å². The van der Waals surface area contributed by atoms with Crippen LogP contribution in [0.2, 0.25) is 0 Å². The minimum atomic E-state index is -0.0660. The summed E-state index contributed by atoms with van der Waals surface area (Å²) < 4.78 is 12.2. The highest BCUT2D eigenvalue weighted by atomic mass is 79.9. The monoisotopic (exact) mass is 389 g/mol. The van der Waals surface area contributed by atoms with Crippen LogP contribution in [0.4, 0.5) is 0 Å². The van der Waals surface area contributed by atoms with Crippen LogP contribution in [0.15, 0.2) is 53.0 Å². The molecule has 1 amide bonds. The molecule has 0 spiro atoms. The summed E-state index contributed by atoms with van der Waals surface area (Å²) in [6, 6.07) is 15.2. The second-order valence-corrected chi connectivity index (χ2v) is 6.62. The van der Waals surface area contributed by atoms with Crippen molar-refractivity contribution >= 4 is 21.8 Å². The van der Waals surface area contributed by atoms with Crippen LogP contribution in [0.25, 0.3) is 0 Å². The highest BCUT2D eigenvalue weighted by molar-refractivity contribution is 9.10. The molecule has 1 heterocycles. The Kier molecular flexibility index (Phi) is 5.88. The van der Waals surface area contributed by atoms with Crippen LogP contribution in [-0.4, -0.2) is 25.2 Å². The summed E-state index contributed by atoms with van der Waals surface area (Å²) >= 11 is 3.46. The highest BCUT2D eigenvalue weighted by Gasteiger charge is 2.16. The van der Waals surface area contributed by atoms with Gasteiger partial charge >= 0.3 is 0 Å². The maximum atomic E-state index is 12.1. The van der Waals surface area contributed by atoms with Gasteiger partial charge in [-0.15, -0.1) is 0 Å². The van der Waals surface area contributed by atoms with Gasteiger partial charge in [-0.2, -0.15) is 0 Å². The zero-order valence-electron chi connectivity index (χ0n) is 13.3. The Labute approximate surface area is 150 Å². The molecule has 1 aliphatic rings. The quantitative estimate of drug-likeness (QED) is 0.813. The maximum absolute atomic E-state index is 12.1. The molecule has 0 radical (unpaired) electrons. The van der Waals surface area contributed by atoms with Gasteiger partial charge in [0.05, 0.1) is 10.6 Å². The molecule has 0 unspecified atom stereocenters. The lowest BCUT2D eigenvalue weighted by molar-refractivity contribution is 0.0857.